The van der Waals surface area contributed by atoms with Gasteiger partial charge in [-0.05, 0) is 24.7 Å². The highest BCUT2D eigenvalue weighted by molar-refractivity contribution is 5.81. The zero-order chi connectivity index (χ0) is 12.3. The van der Waals surface area contributed by atoms with Crippen LogP contribution in [0, 0.1) is 17.3 Å². The Hall–Kier alpha value is -1.06. The number of rotatable bonds is 5. The molecule has 1 atom stereocenters. The largest absolute Gasteiger partial charge is 0.481 e. The van der Waals surface area contributed by atoms with Gasteiger partial charge in [-0.15, -0.1) is 0 Å². The van der Waals surface area contributed by atoms with Crippen LogP contribution < -0.4 is 5.32 Å². The van der Waals surface area contributed by atoms with E-state index in [-0.39, 0.29) is 23.8 Å². The van der Waals surface area contributed by atoms with Gasteiger partial charge in [0.2, 0.25) is 5.91 Å². The number of carbonyl (C=O) groups is 2. The average Bonchev–Trinajstić information content (AvgIpc) is 2.92. The van der Waals surface area contributed by atoms with Crippen LogP contribution in [0.15, 0.2) is 0 Å². The van der Waals surface area contributed by atoms with Crippen molar-refractivity contribution < 1.29 is 14.7 Å². The van der Waals surface area contributed by atoms with Crippen LogP contribution in [-0.4, -0.2) is 23.5 Å². The van der Waals surface area contributed by atoms with Gasteiger partial charge in [0.15, 0.2) is 0 Å². The Morgan fingerprint density at radius 3 is 2.31 bits per heavy atom. The van der Waals surface area contributed by atoms with Crippen molar-refractivity contribution >= 4 is 11.9 Å². The molecule has 4 heteroatoms. The zero-order valence-electron chi connectivity index (χ0n) is 10.2. The lowest BCUT2D eigenvalue weighted by molar-refractivity contribution is -0.142. The molecule has 0 aromatic heterocycles. The van der Waals surface area contributed by atoms with Gasteiger partial charge in [0.1, 0.15) is 0 Å². The molecule has 1 amide bonds. The summed E-state index contributed by atoms with van der Waals surface area (Å²) >= 11 is 0. The van der Waals surface area contributed by atoms with Gasteiger partial charge in [-0.2, -0.15) is 0 Å². The molecule has 0 heterocycles. The van der Waals surface area contributed by atoms with Crippen molar-refractivity contribution in [3.8, 4) is 0 Å². The molecule has 1 fully saturated rings. The van der Waals surface area contributed by atoms with Gasteiger partial charge in [0.05, 0.1) is 5.92 Å². The molecule has 92 valence electrons. The minimum atomic E-state index is -0.828. The van der Waals surface area contributed by atoms with Crippen LogP contribution in [0.2, 0.25) is 0 Å². The first kappa shape index (κ1) is 13.0. The molecule has 0 saturated heterocycles. The normalized spacial score (nSPS) is 17.9. The topological polar surface area (TPSA) is 66.4 Å². The van der Waals surface area contributed by atoms with E-state index in [1.54, 1.807) is 0 Å². The second kappa shape index (κ2) is 4.85. The van der Waals surface area contributed by atoms with Gasteiger partial charge in [-0.1, -0.05) is 20.8 Å². The summed E-state index contributed by atoms with van der Waals surface area (Å²) in [6.07, 6.45) is 2.47. The van der Waals surface area contributed by atoms with Crippen LogP contribution in [0.25, 0.3) is 0 Å². The molecule has 4 nitrogen and oxygen atoms in total. The van der Waals surface area contributed by atoms with E-state index in [9.17, 15) is 9.59 Å². The Morgan fingerprint density at radius 1 is 1.38 bits per heavy atom. The van der Waals surface area contributed by atoms with Crippen molar-refractivity contribution in [2.45, 2.75) is 40.0 Å². The summed E-state index contributed by atoms with van der Waals surface area (Å²) in [5.41, 5.74) is -0.0344. The molecule has 0 radical (unpaired) electrons. The molecule has 1 rings (SSSR count). The number of aliphatic carboxylic acids is 1. The van der Waals surface area contributed by atoms with Crippen molar-refractivity contribution in [2.24, 2.45) is 17.3 Å². The maximum Gasteiger partial charge on any atom is 0.308 e. The van der Waals surface area contributed by atoms with Gasteiger partial charge < -0.3 is 10.4 Å². The van der Waals surface area contributed by atoms with E-state index in [0.29, 0.717) is 6.42 Å². The number of carbonyl (C=O) groups excluding carboxylic acids is 1. The van der Waals surface area contributed by atoms with E-state index >= 15 is 0 Å². The van der Waals surface area contributed by atoms with Gasteiger partial charge in [0.25, 0.3) is 0 Å². The number of carboxylic acids is 1. The van der Waals surface area contributed by atoms with Gasteiger partial charge in [-0.3, -0.25) is 9.59 Å². The van der Waals surface area contributed by atoms with Crippen LogP contribution in [0.5, 0.6) is 0 Å². The lowest BCUT2D eigenvalue weighted by Gasteiger charge is -2.23. The smallest absolute Gasteiger partial charge is 0.308 e. The van der Waals surface area contributed by atoms with Crippen LogP contribution >= 0.6 is 0 Å². The SMILES string of the molecule is CC(C)(C)CC(CNC(=O)C1CC1)C(=O)O. The molecule has 0 aromatic rings. The monoisotopic (exact) mass is 227 g/mol. The lowest BCUT2D eigenvalue weighted by atomic mass is 9.84. The molecule has 1 aliphatic carbocycles. The maximum absolute atomic E-state index is 11.4. The lowest BCUT2D eigenvalue weighted by Crippen LogP contribution is -2.35. The van der Waals surface area contributed by atoms with Crippen molar-refractivity contribution in [1.29, 1.82) is 0 Å². The number of hydrogen-bond acceptors (Lipinski definition) is 2. The molecular formula is C12H21NO3. The average molecular weight is 227 g/mol. The third-order valence-electron chi connectivity index (χ3n) is 2.68. The molecule has 0 aromatic carbocycles. The van der Waals surface area contributed by atoms with E-state index in [2.05, 4.69) is 5.32 Å². The first-order valence-corrected chi connectivity index (χ1v) is 5.80. The molecule has 0 bridgehead atoms. The summed E-state index contributed by atoms with van der Waals surface area (Å²) < 4.78 is 0. The molecule has 1 unspecified atom stereocenters. The summed E-state index contributed by atoms with van der Waals surface area (Å²) in [7, 11) is 0. The number of nitrogens with one attached hydrogen (secondary N) is 1. The zero-order valence-corrected chi connectivity index (χ0v) is 10.2. The van der Waals surface area contributed by atoms with Gasteiger partial charge >= 0.3 is 5.97 Å². The van der Waals surface area contributed by atoms with E-state index in [1.165, 1.54) is 0 Å². The van der Waals surface area contributed by atoms with Crippen LogP contribution in [0.3, 0.4) is 0 Å². The van der Waals surface area contributed by atoms with Crippen LogP contribution in [-0.2, 0) is 9.59 Å². The minimum Gasteiger partial charge on any atom is -0.481 e. The van der Waals surface area contributed by atoms with Gasteiger partial charge in [0, 0.05) is 12.5 Å². The summed E-state index contributed by atoms with van der Waals surface area (Å²) in [5, 5.41) is 11.8. The number of hydrogen-bond donors (Lipinski definition) is 2. The standard InChI is InChI=1S/C12H21NO3/c1-12(2,3)6-9(11(15)16)7-13-10(14)8-4-5-8/h8-9H,4-7H2,1-3H3,(H,13,14)(H,15,16). The van der Waals surface area contributed by atoms with Crippen LogP contribution in [0.1, 0.15) is 40.0 Å². The van der Waals surface area contributed by atoms with E-state index in [4.69, 9.17) is 5.11 Å². The summed E-state index contributed by atoms with van der Waals surface area (Å²) in [5.74, 6) is -1.15. The quantitative estimate of drug-likeness (QED) is 0.750. The predicted octanol–water partition coefficient (Wildman–Crippen LogP) is 1.65. The number of carboxylic acid groups (broad SMARTS) is 1. The van der Waals surface area contributed by atoms with Crippen molar-refractivity contribution in [3.63, 3.8) is 0 Å². The second-order valence-corrected chi connectivity index (χ2v) is 5.82. The Morgan fingerprint density at radius 2 is 1.94 bits per heavy atom. The fraction of sp³-hybridized carbons (Fsp3) is 0.833. The molecule has 1 saturated carbocycles. The number of amides is 1. The summed E-state index contributed by atoms with van der Waals surface area (Å²) in [6, 6.07) is 0. The Kier molecular flexibility index (Phi) is 3.94. The Bertz CT molecular complexity index is 276. The fourth-order valence-corrected chi connectivity index (χ4v) is 1.70. The third kappa shape index (κ3) is 4.64. The molecule has 0 aliphatic heterocycles. The van der Waals surface area contributed by atoms with Crippen molar-refractivity contribution in [2.75, 3.05) is 6.54 Å². The first-order valence-electron chi connectivity index (χ1n) is 5.80. The van der Waals surface area contributed by atoms with Crippen molar-refractivity contribution in [3.05, 3.63) is 0 Å². The van der Waals surface area contributed by atoms with E-state index < -0.39 is 11.9 Å². The fourth-order valence-electron chi connectivity index (χ4n) is 1.70. The Labute approximate surface area is 96.4 Å². The van der Waals surface area contributed by atoms with E-state index in [1.807, 2.05) is 20.8 Å². The Balaban J connectivity index is 2.38. The highest BCUT2D eigenvalue weighted by atomic mass is 16.4. The minimum absolute atomic E-state index is 0.0140. The second-order valence-electron chi connectivity index (χ2n) is 5.82. The third-order valence-corrected chi connectivity index (χ3v) is 2.68. The summed E-state index contributed by atoms with van der Waals surface area (Å²) in [4.78, 5) is 22.4. The molecular weight excluding hydrogens is 206 g/mol. The van der Waals surface area contributed by atoms with Gasteiger partial charge in [-0.25, -0.2) is 0 Å². The molecule has 1 aliphatic rings. The van der Waals surface area contributed by atoms with E-state index in [0.717, 1.165) is 12.8 Å². The maximum atomic E-state index is 11.4. The van der Waals surface area contributed by atoms with Crippen LogP contribution in [0.4, 0.5) is 0 Å². The predicted molar refractivity (Wildman–Crippen MR) is 60.9 cm³/mol. The van der Waals surface area contributed by atoms with Crippen molar-refractivity contribution in [1.82, 2.24) is 5.32 Å². The molecule has 0 spiro atoms. The molecule has 2 N–H and O–H groups in total. The highest BCUT2D eigenvalue weighted by Gasteiger charge is 2.31. The highest BCUT2D eigenvalue weighted by Crippen LogP contribution is 2.29. The molecule has 16 heavy (non-hydrogen) atoms. The first-order chi connectivity index (χ1) is 7.29. The summed E-state index contributed by atoms with van der Waals surface area (Å²) in [6.45, 7) is 6.27.